The fourth-order valence-electron chi connectivity index (χ4n) is 4.82. The molecule has 2 atom stereocenters. The molecule has 1 aliphatic rings. The van der Waals surface area contributed by atoms with Crippen molar-refractivity contribution in [2.24, 2.45) is 0 Å². The van der Waals surface area contributed by atoms with E-state index in [9.17, 15) is 9.59 Å². The Morgan fingerprint density at radius 2 is 1.91 bits per heavy atom. The van der Waals surface area contributed by atoms with Crippen molar-refractivity contribution in [3.63, 3.8) is 0 Å². The number of amides is 2. The number of carbonyl (C=O) groups excluding carboxylic acids is 2. The molecule has 1 fully saturated rings. The van der Waals surface area contributed by atoms with E-state index in [1.807, 2.05) is 44.2 Å². The zero-order valence-corrected chi connectivity index (χ0v) is 20.5. The minimum Gasteiger partial charge on any atom is -0.347 e. The third-order valence-electron chi connectivity index (χ3n) is 6.93. The lowest BCUT2D eigenvalue weighted by atomic mass is 9.95. The van der Waals surface area contributed by atoms with Gasteiger partial charge in [-0.15, -0.1) is 0 Å². The molecule has 0 spiro atoms. The molecule has 1 unspecified atom stereocenters. The molecule has 0 aliphatic carbocycles. The van der Waals surface area contributed by atoms with Crippen LogP contribution in [0.5, 0.6) is 0 Å². The van der Waals surface area contributed by atoms with Gasteiger partial charge in [-0.2, -0.15) is 5.26 Å². The van der Waals surface area contributed by atoms with Crippen molar-refractivity contribution < 1.29 is 9.59 Å². The summed E-state index contributed by atoms with van der Waals surface area (Å²) in [4.78, 5) is 38.1. The number of unbranched alkanes of at least 4 members (excludes halogenated alkanes) is 1. The molecule has 0 radical (unpaired) electrons. The van der Waals surface area contributed by atoms with Gasteiger partial charge in [0.15, 0.2) is 0 Å². The number of nitriles is 1. The maximum atomic E-state index is 13.8. The Hall–Kier alpha value is -3.92. The Kier molecular flexibility index (Phi) is 7.31. The molecule has 0 saturated carbocycles. The second kappa shape index (κ2) is 10.6. The summed E-state index contributed by atoms with van der Waals surface area (Å²) < 4.78 is 0. The molecule has 1 saturated heterocycles. The van der Waals surface area contributed by atoms with Crippen molar-refractivity contribution >= 4 is 17.5 Å². The summed E-state index contributed by atoms with van der Waals surface area (Å²) in [5.41, 5.74) is 5.26. The van der Waals surface area contributed by atoms with Crippen molar-refractivity contribution in [2.45, 2.75) is 58.5 Å². The van der Waals surface area contributed by atoms with Crippen LogP contribution in [-0.2, 0) is 16.0 Å². The number of carbonyl (C=O) groups is 2. The van der Waals surface area contributed by atoms with Gasteiger partial charge >= 0.3 is 11.8 Å². The normalized spacial score (nSPS) is 16.9. The number of aromatic amines is 1. The van der Waals surface area contributed by atoms with Gasteiger partial charge in [0.2, 0.25) is 0 Å². The number of H-pyrrole nitrogens is 1. The number of imidazole rings is 1. The van der Waals surface area contributed by atoms with Crippen LogP contribution in [-0.4, -0.2) is 39.3 Å². The van der Waals surface area contributed by atoms with Gasteiger partial charge in [-0.05, 0) is 61.6 Å². The zero-order valence-electron chi connectivity index (χ0n) is 20.5. The quantitative estimate of drug-likeness (QED) is 0.487. The Morgan fingerprint density at radius 1 is 1.14 bits per heavy atom. The van der Waals surface area contributed by atoms with Crippen LogP contribution in [0.1, 0.15) is 60.2 Å². The minimum atomic E-state index is -0.504. The van der Waals surface area contributed by atoms with E-state index < -0.39 is 11.8 Å². The predicted octanol–water partition coefficient (Wildman–Crippen LogP) is 4.62. The second-order valence-electron chi connectivity index (χ2n) is 9.18. The van der Waals surface area contributed by atoms with Gasteiger partial charge in [0.25, 0.3) is 0 Å². The van der Waals surface area contributed by atoms with Crippen molar-refractivity contribution in [1.29, 1.82) is 5.26 Å². The van der Waals surface area contributed by atoms with Crippen LogP contribution in [0.3, 0.4) is 0 Å². The largest absolute Gasteiger partial charge is 0.347 e. The number of nitrogens with one attached hydrogen (secondary N) is 1. The molecule has 35 heavy (non-hydrogen) atoms. The SMILES string of the molecule is CCCCC1CN(c2cccc(C)c2C)C(=O)C(=O)N1[C@@H](Cc1ccc(C#N)cc1)c1cnc[nH]1. The number of nitrogens with zero attached hydrogens (tertiary/aromatic N) is 4. The molecule has 180 valence electrons. The van der Waals surface area contributed by atoms with E-state index in [2.05, 4.69) is 23.0 Å². The monoisotopic (exact) mass is 469 g/mol. The van der Waals surface area contributed by atoms with Gasteiger partial charge < -0.3 is 14.8 Å². The topological polar surface area (TPSA) is 93.1 Å². The van der Waals surface area contributed by atoms with Crippen LogP contribution >= 0.6 is 0 Å². The van der Waals surface area contributed by atoms with Crippen LogP contribution in [0.15, 0.2) is 55.0 Å². The van der Waals surface area contributed by atoms with Gasteiger partial charge in [-0.3, -0.25) is 9.59 Å². The molecule has 2 amide bonds. The Balaban J connectivity index is 1.72. The third-order valence-corrected chi connectivity index (χ3v) is 6.93. The number of anilines is 1. The zero-order chi connectivity index (χ0) is 24.9. The summed E-state index contributed by atoms with van der Waals surface area (Å²) in [7, 11) is 0. The first kappa shape index (κ1) is 24.2. The van der Waals surface area contributed by atoms with Crippen molar-refractivity contribution in [2.75, 3.05) is 11.4 Å². The van der Waals surface area contributed by atoms with E-state index in [0.29, 0.717) is 18.5 Å². The highest BCUT2D eigenvalue weighted by molar-refractivity contribution is 6.41. The third kappa shape index (κ3) is 4.97. The smallest absolute Gasteiger partial charge is 0.316 e. The van der Waals surface area contributed by atoms with E-state index in [-0.39, 0.29) is 12.1 Å². The van der Waals surface area contributed by atoms with E-state index in [0.717, 1.165) is 47.3 Å². The number of aromatic nitrogens is 2. The van der Waals surface area contributed by atoms with Crippen LogP contribution in [0.2, 0.25) is 0 Å². The van der Waals surface area contributed by atoms with Crippen LogP contribution in [0, 0.1) is 25.2 Å². The summed E-state index contributed by atoms with van der Waals surface area (Å²) in [6.45, 7) is 6.59. The van der Waals surface area contributed by atoms with Gasteiger partial charge in [-0.1, -0.05) is 44.0 Å². The highest BCUT2D eigenvalue weighted by Crippen LogP contribution is 2.34. The highest BCUT2D eigenvalue weighted by Gasteiger charge is 2.43. The van der Waals surface area contributed by atoms with Crippen molar-refractivity contribution in [3.8, 4) is 6.07 Å². The standard InChI is InChI=1S/C28H31N5O2/c1-4-5-8-23-17-32(25-9-6-7-19(2)20(25)3)27(34)28(35)33(23)26(24-16-30-18-31-24)14-21-10-12-22(15-29)13-11-21/h6-7,9-13,16,18,23,26H,4-5,8,14,17H2,1-3H3,(H,30,31)/t23?,26-/m0/s1. The molecule has 7 heteroatoms. The highest BCUT2D eigenvalue weighted by atomic mass is 16.2. The summed E-state index contributed by atoms with van der Waals surface area (Å²) in [6.07, 6.45) is 6.59. The van der Waals surface area contributed by atoms with Gasteiger partial charge in [-0.25, -0.2) is 4.98 Å². The van der Waals surface area contributed by atoms with E-state index in [1.54, 1.807) is 34.5 Å². The molecule has 2 aromatic carbocycles. The maximum absolute atomic E-state index is 13.8. The molecule has 1 aromatic heterocycles. The first-order valence-electron chi connectivity index (χ1n) is 12.1. The lowest BCUT2D eigenvalue weighted by Crippen LogP contribution is -2.61. The number of rotatable bonds is 8. The lowest BCUT2D eigenvalue weighted by molar-refractivity contribution is -0.151. The number of benzene rings is 2. The molecular weight excluding hydrogens is 438 g/mol. The van der Waals surface area contributed by atoms with Gasteiger partial charge in [0.1, 0.15) is 0 Å². The fourth-order valence-corrected chi connectivity index (χ4v) is 4.82. The number of hydrogen-bond donors (Lipinski definition) is 1. The Labute approximate surface area is 206 Å². The number of piperazine rings is 1. The van der Waals surface area contributed by atoms with Crippen molar-refractivity contribution in [3.05, 3.63) is 82.9 Å². The second-order valence-corrected chi connectivity index (χ2v) is 9.18. The minimum absolute atomic E-state index is 0.133. The summed E-state index contributed by atoms with van der Waals surface area (Å²) in [5.74, 6) is -0.998. The molecule has 1 N–H and O–H groups in total. The molecule has 4 rings (SSSR count). The molecule has 0 bridgehead atoms. The van der Waals surface area contributed by atoms with Crippen molar-refractivity contribution in [1.82, 2.24) is 14.9 Å². The first-order valence-corrected chi connectivity index (χ1v) is 12.1. The van der Waals surface area contributed by atoms with E-state index in [1.165, 1.54) is 0 Å². The van der Waals surface area contributed by atoms with Crippen LogP contribution < -0.4 is 4.90 Å². The summed E-state index contributed by atoms with van der Waals surface area (Å²) in [5, 5.41) is 9.14. The predicted molar refractivity (Wildman–Crippen MR) is 135 cm³/mol. The molecule has 2 heterocycles. The first-order chi connectivity index (χ1) is 16.9. The molecule has 1 aliphatic heterocycles. The van der Waals surface area contributed by atoms with Gasteiger partial charge in [0, 0.05) is 12.2 Å². The number of hydrogen-bond acceptors (Lipinski definition) is 4. The lowest BCUT2D eigenvalue weighted by Gasteiger charge is -2.44. The maximum Gasteiger partial charge on any atom is 0.316 e. The van der Waals surface area contributed by atoms with E-state index in [4.69, 9.17) is 5.26 Å². The van der Waals surface area contributed by atoms with Crippen LogP contribution in [0.4, 0.5) is 5.69 Å². The average molecular weight is 470 g/mol. The molecule has 3 aromatic rings. The Bertz CT molecular complexity index is 1230. The molecule has 7 nitrogen and oxygen atoms in total. The summed E-state index contributed by atoms with van der Waals surface area (Å²) >= 11 is 0. The Morgan fingerprint density at radius 3 is 2.57 bits per heavy atom. The molecular formula is C28H31N5O2. The van der Waals surface area contributed by atoms with Crippen LogP contribution in [0.25, 0.3) is 0 Å². The fraction of sp³-hybridized carbons (Fsp3) is 0.357. The number of aryl methyl sites for hydroxylation is 1. The summed E-state index contributed by atoms with van der Waals surface area (Å²) in [6, 6.07) is 14.9. The van der Waals surface area contributed by atoms with Gasteiger partial charge in [0.05, 0.1) is 41.9 Å². The average Bonchev–Trinajstić information content (AvgIpc) is 3.41. The van der Waals surface area contributed by atoms with E-state index >= 15 is 0 Å².